The highest BCUT2D eigenvalue weighted by atomic mass is 32.2. The van der Waals surface area contributed by atoms with Crippen LogP contribution in [0.4, 0.5) is 5.13 Å². The second-order valence-corrected chi connectivity index (χ2v) is 10.3. The SMILES string of the molecule is Cc1nc(NC(=O)c2cc(C3CC3)n([C@@H]3CCS(=O)(=O)C3)n2)sc1C. The number of sulfone groups is 1. The molecule has 134 valence electrons. The van der Waals surface area contributed by atoms with Crippen LogP contribution in [0.5, 0.6) is 0 Å². The third-order valence-corrected chi connectivity index (χ3v) is 7.53. The molecule has 0 spiro atoms. The first-order valence-corrected chi connectivity index (χ1v) is 11.0. The second-order valence-electron chi connectivity index (χ2n) is 6.84. The van der Waals surface area contributed by atoms with Gasteiger partial charge in [-0.25, -0.2) is 13.4 Å². The van der Waals surface area contributed by atoms with Gasteiger partial charge in [0.15, 0.2) is 20.7 Å². The van der Waals surface area contributed by atoms with Crippen molar-refractivity contribution in [1.82, 2.24) is 14.8 Å². The summed E-state index contributed by atoms with van der Waals surface area (Å²) in [4.78, 5) is 17.9. The summed E-state index contributed by atoms with van der Waals surface area (Å²) in [5.74, 6) is 0.401. The fourth-order valence-corrected chi connectivity index (χ4v) is 5.65. The average Bonchev–Trinajstić information content (AvgIpc) is 3.06. The predicted molar refractivity (Wildman–Crippen MR) is 96.1 cm³/mol. The fraction of sp³-hybridized carbons (Fsp3) is 0.562. The van der Waals surface area contributed by atoms with Crippen LogP contribution in [0.3, 0.4) is 0 Å². The summed E-state index contributed by atoms with van der Waals surface area (Å²) in [7, 11) is -3.00. The molecule has 9 heteroatoms. The molecule has 2 aromatic heterocycles. The van der Waals surface area contributed by atoms with Crippen LogP contribution >= 0.6 is 11.3 Å². The van der Waals surface area contributed by atoms with Crippen molar-refractivity contribution in [2.75, 3.05) is 16.8 Å². The highest BCUT2D eigenvalue weighted by Gasteiger charge is 2.36. The van der Waals surface area contributed by atoms with Crippen molar-refractivity contribution >= 4 is 32.2 Å². The minimum Gasteiger partial charge on any atom is -0.296 e. The van der Waals surface area contributed by atoms with Gasteiger partial charge < -0.3 is 0 Å². The Labute approximate surface area is 150 Å². The van der Waals surface area contributed by atoms with Gasteiger partial charge in [0.05, 0.1) is 23.2 Å². The molecular formula is C16H20N4O3S2. The van der Waals surface area contributed by atoms with Crippen LogP contribution < -0.4 is 5.32 Å². The molecule has 1 saturated heterocycles. The molecule has 7 nitrogen and oxygen atoms in total. The third kappa shape index (κ3) is 3.35. The van der Waals surface area contributed by atoms with Crippen molar-refractivity contribution in [1.29, 1.82) is 0 Å². The number of hydrogen-bond donors (Lipinski definition) is 1. The lowest BCUT2D eigenvalue weighted by Gasteiger charge is -2.12. The summed E-state index contributed by atoms with van der Waals surface area (Å²) >= 11 is 1.44. The van der Waals surface area contributed by atoms with Crippen LogP contribution in [0.1, 0.15) is 58.0 Å². The van der Waals surface area contributed by atoms with Crippen molar-refractivity contribution in [3.05, 3.63) is 28.0 Å². The zero-order valence-electron chi connectivity index (χ0n) is 14.2. The van der Waals surface area contributed by atoms with E-state index in [-0.39, 0.29) is 23.5 Å². The molecule has 1 saturated carbocycles. The zero-order chi connectivity index (χ0) is 17.8. The van der Waals surface area contributed by atoms with Crippen LogP contribution in [-0.4, -0.2) is 40.6 Å². The maximum Gasteiger partial charge on any atom is 0.277 e. The number of aryl methyl sites for hydroxylation is 2. The average molecular weight is 380 g/mol. The Morgan fingerprint density at radius 1 is 1.32 bits per heavy atom. The predicted octanol–water partition coefficient (Wildman–Crippen LogP) is 2.45. The number of carbonyl (C=O) groups excluding carboxylic acids is 1. The Hall–Kier alpha value is -1.74. The maximum absolute atomic E-state index is 12.5. The van der Waals surface area contributed by atoms with E-state index in [0.29, 0.717) is 23.2 Å². The lowest BCUT2D eigenvalue weighted by Crippen LogP contribution is -2.17. The number of amides is 1. The summed E-state index contributed by atoms with van der Waals surface area (Å²) in [6.45, 7) is 3.87. The second kappa shape index (κ2) is 5.91. The van der Waals surface area contributed by atoms with Crippen LogP contribution in [0, 0.1) is 13.8 Å². The standard InChI is InChI=1S/C16H20N4O3S2/c1-9-10(2)24-16(17-9)18-15(21)13-7-14(11-3-4-11)20(19-13)12-5-6-25(22,23)8-12/h7,11-12H,3-6,8H2,1-2H3,(H,17,18,21)/t12-/m1/s1. The molecule has 2 aliphatic rings. The molecule has 4 rings (SSSR count). The lowest BCUT2D eigenvalue weighted by molar-refractivity contribution is 0.102. The summed E-state index contributed by atoms with van der Waals surface area (Å²) in [5.41, 5.74) is 2.22. The monoisotopic (exact) mass is 380 g/mol. The highest BCUT2D eigenvalue weighted by Crippen LogP contribution is 2.42. The van der Waals surface area contributed by atoms with Crippen LogP contribution in [0.25, 0.3) is 0 Å². The highest BCUT2D eigenvalue weighted by molar-refractivity contribution is 7.91. The van der Waals surface area contributed by atoms with Crippen molar-refractivity contribution < 1.29 is 13.2 Å². The summed E-state index contributed by atoms with van der Waals surface area (Å²) in [5, 5.41) is 7.82. The number of carbonyl (C=O) groups is 1. The van der Waals surface area contributed by atoms with Gasteiger partial charge in [0, 0.05) is 16.5 Å². The topological polar surface area (TPSA) is 94.0 Å². The van der Waals surface area contributed by atoms with Crippen molar-refractivity contribution in [2.24, 2.45) is 0 Å². The number of aromatic nitrogens is 3. The first-order chi connectivity index (χ1) is 11.8. The summed E-state index contributed by atoms with van der Waals surface area (Å²) < 4.78 is 25.4. The van der Waals surface area contributed by atoms with E-state index in [1.54, 1.807) is 4.68 Å². The number of anilines is 1. The van der Waals surface area contributed by atoms with Gasteiger partial charge in [-0.15, -0.1) is 11.3 Å². The van der Waals surface area contributed by atoms with Gasteiger partial charge in [-0.1, -0.05) is 0 Å². The first kappa shape index (κ1) is 16.7. The quantitative estimate of drug-likeness (QED) is 0.879. The van der Waals surface area contributed by atoms with E-state index in [9.17, 15) is 13.2 Å². The van der Waals surface area contributed by atoms with E-state index in [4.69, 9.17) is 0 Å². The number of rotatable bonds is 4. The van der Waals surface area contributed by atoms with E-state index >= 15 is 0 Å². The van der Waals surface area contributed by atoms with E-state index in [1.165, 1.54) is 11.3 Å². The van der Waals surface area contributed by atoms with Gasteiger partial charge in [0.25, 0.3) is 5.91 Å². The van der Waals surface area contributed by atoms with Crippen LogP contribution in [0.2, 0.25) is 0 Å². The number of thiazole rings is 1. The Bertz CT molecular complexity index is 921. The normalized spacial score (nSPS) is 22.2. The Kier molecular flexibility index (Phi) is 3.95. The number of hydrogen-bond acceptors (Lipinski definition) is 6. The molecule has 1 aliphatic carbocycles. The summed E-state index contributed by atoms with van der Waals surface area (Å²) in [6, 6.07) is 1.65. The van der Waals surface area contributed by atoms with Crippen molar-refractivity contribution in [2.45, 2.75) is 45.1 Å². The van der Waals surface area contributed by atoms with Crippen LogP contribution in [-0.2, 0) is 9.84 Å². The van der Waals surface area contributed by atoms with Crippen molar-refractivity contribution in [3.63, 3.8) is 0 Å². The van der Waals surface area contributed by atoms with Gasteiger partial charge in [-0.05, 0) is 39.2 Å². The Morgan fingerprint density at radius 2 is 2.08 bits per heavy atom. The molecule has 1 atom stereocenters. The minimum atomic E-state index is -3.00. The fourth-order valence-electron chi connectivity index (χ4n) is 3.15. The van der Waals surface area contributed by atoms with Gasteiger partial charge in [-0.2, -0.15) is 5.10 Å². The maximum atomic E-state index is 12.5. The van der Waals surface area contributed by atoms with Gasteiger partial charge in [-0.3, -0.25) is 14.8 Å². The molecule has 1 aliphatic heterocycles. The van der Waals surface area contributed by atoms with E-state index in [1.807, 2.05) is 19.9 Å². The lowest BCUT2D eigenvalue weighted by atomic mass is 10.2. The molecule has 0 bridgehead atoms. The zero-order valence-corrected chi connectivity index (χ0v) is 15.8. The van der Waals surface area contributed by atoms with E-state index in [2.05, 4.69) is 15.4 Å². The summed E-state index contributed by atoms with van der Waals surface area (Å²) in [6.07, 6.45) is 2.70. The van der Waals surface area contributed by atoms with Gasteiger partial charge in [0.2, 0.25) is 0 Å². The van der Waals surface area contributed by atoms with E-state index < -0.39 is 9.84 Å². The molecule has 2 fully saturated rings. The molecular weight excluding hydrogens is 360 g/mol. The van der Waals surface area contributed by atoms with E-state index in [0.717, 1.165) is 29.1 Å². The van der Waals surface area contributed by atoms with Gasteiger partial charge in [0.1, 0.15) is 0 Å². The van der Waals surface area contributed by atoms with Crippen LogP contribution in [0.15, 0.2) is 6.07 Å². The van der Waals surface area contributed by atoms with Crippen molar-refractivity contribution in [3.8, 4) is 0 Å². The molecule has 0 aromatic carbocycles. The molecule has 3 heterocycles. The third-order valence-electron chi connectivity index (χ3n) is 4.80. The Balaban J connectivity index is 1.60. The molecule has 25 heavy (non-hydrogen) atoms. The molecule has 0 radical (unpaired) electrons. The Morgan fingerprint density at radius 3 is 2.64 bits per heavy atom. The number of nitrogens with zero attached hydrogens (tertiary/aromatic N) is 3. The molecule has 2 aromatic rings. The van der Waals surface area contributed by atoms with Gasteiger partial charge >= 0.3 is 0 Å². The number of nitrogens with one attached hydrogen (secondary N) is 1. The minimum absolute atomic E-state index is 0.111. The first-order valence-electron chi connectivity index (χ1n) is 8.37. The largest absolute Gasteiger partial charge is 0.296 e. The smallest absolute Gasteiger partial charge is 0.277 e. The molecule has 1 amide bonds. The molecule has 1 N–H and O–H groups in total. The molecule has 0 unspecified atom stereocenters.